The standard InChI is InChI=1S/C10H15N.C10H14O.H2S/c2*1-8-5-3-4-6-10(8)7-9(2)11;/h3-6,9H,7,11H2,1-2H3;3-6,9,11H,7H2,1-2H3;1H2. The molecule has 2 nitrogen and oxygen atoms in total. The molecule has 23 heavy (non-hydrogen) atoms. The van der Waals surface area contributed by atoms with Gasteiger partial charge in [0.15, 0.2) is 0 Å². The third-order valence-electron chi connectivity index (χ3n) is 3.58. The van der Waals surface area contributed by atoms with Gasteiger partial charge in [-0.25, -0.2) is 0 Å². The zero-order chi connectivity index (χ0) is 16.5. The van der Waals surface area contributed by atoms with Gasteiger partial charge in [0, 0.05) is 6.04 Å². The Hall–Kier alpha value is -1.29. The van der Waals surface area contributed by atoms with E-state index in [1.165, 1.54) is 22.3 Å². The summed E-state index contributed by atoms with van der Waals surface area (Å²) in [5.41, 5.74) is 10.9. The zero-order valence-corrected chi connectivity index (χ0v) is 15.7. The fourth-order valence-electron chi connectivity index (χ4n) is 2.34. The summed E-state index contributed by atoms with van der Waals surface area (Å²) in [5.74, 6) is 0. The number of rotatable bonds is 4. The van der Waals surface area contributed by atoms with Gasteiger partial charge in [-0.2, -0.15) is 13.5 Å². The highest BCUT2D eigenvalue weighted by molar-refractivity contribution is 7.59. The predicted molar refractivity (Wildman–Crippen MR) is 105 cm³/mol. The van der Waals surface area contributed by atoms with Crippen molar-refractivity contribution in [2.75, 3.05) is 0 Å². The van der Waals surface area contributed by atoms with Crippen molar-refractivity contribution in [1.29, 1.82) is 0 Å². The van der Waals surface area contributed by atoms with Crippen LogP contribution in [-0.4, -0.2) is 17.3 Å². The molecule has 128 valence electrons. The van der Waals surface area contributed by atoms with Gasteiger partial charge in [0.25, 0.3) is 0 Å². The van der Waals surface area contributed by atoms with E-state index in [0.29, 0.717) is 0 Å². The molecule has 2 unspecified atom stereocenters. The van der Waals surface area contributed by atoms with Gasteiger partial charge in [-0.15, -0.1) is 0 Å². The van der Waals surface area contributed by atoms with Crippen molar-refractivity contribution in [1.82, 2.24) is 0 Å². The van der Waals surface area contributed by atoms with E-state index >= 15 is 0 Å². The van der Waals surface area contributed by atoms with Crippen molar-refractivity contribution in [3.05, 3.63) is 70.8 Å². The Morgan fingerprint density at radius 1 is 0.826 bits per heavy atom. The molecule has 2 aromatic rings. The molecule has 3 N–H and O–H groups in total. The summed E-state index contributed by atoms with van der Waals surface area (Å²) in [6.07, 6.45) is 1.50. The van der Waals surface area contributed by atoms with Crippen molar-refractivity contribution in [3.8, 4) is 0 Å². The monoisotopic (exact) mass is 333 g/mol. The Balaban J connectivity index is 0.000000403. The summed E-state index contributed by atoms with van der Waals surface area (Å²) >= 11 is 0. The van der Waals surface area contributed by atoms with Crippen LogP contribution in [0.3, 0.4) is 0 Å². The molecule has 0 aliphatic rings. The van der Waals surface area contributed by atoms with Gasteiger partial charge in [-0.1, -0.05) is 48.5 Å². The van der Waals surface area contributed by atoms with Crippen LogP contribution in [0.5, 0.6) is 0 Å². The summed E-state index contributed by atoms with van der Waals surface area (Å²) in [5, 5.41) is 9.13. The maximum absolute atomic E-state index is 9.13. The Morgan fingerprint density at radius 3 is 1.57 bits per heavy atom. The van der Waals surface area contributed by atoms with Crippen LogP contribution in [0.4, 0.5) is 0 Å². The van der Waals surface area contributed by atoms with Crippen molar-refractivity contribution in [2.45, 2.75) is 52.7 Å². The molecule has 0 amide bonds. The highest BCUT2D eigenvalue weighted by atomic mass is 32.1. The molecule has 0 saturated carbocycles. The van der Waals surface area contributed by atoms with Crippen molar-refractivity contribution >= 4 is 13.5 Å². The van der Waals surface area contributed by atoms with Crippen molar-refractivity contribution < 1.29 is 5.11 Å². The molecule has 2 atom stereocenters. The average molecular weight is 334 g/mol. The van der Waals surface area contributed by atoms with Gasteiger partial charge in [-0.3, -0.25) is 0 Å². The number of benzene rings is 2. The molecule has 0 aromatic heterocycles. The van der Waals surface area contributed by atoms with Crippen LogP contribution < -0.4 is 5.73 Å². The lowest BCUT2D eigenvalue weighted by Crippen LogP contribution is -2.18. The van der Waals surface area contributed by atoms with Crippen LogP contribution in [0.25, 0.3) is 0 Å². The lowest BCUT2D eigenvalue weighted by Gasteiger charge is -2.07. The average Bonchev–Trinajstić information content (AvgIpc) is 2.44. The first kappa shape index (κ1) is 21.7. The van der Waals surface area contributed by atoms with E-state index in [0.717, 1.165) is 12.8 Å². The van der Waals surface area contributed by atoms with Crippen molar-refractivity contribution in [3.63, 3.8) is 0 Å². The predicted octanol–water partition coefficient (Wildman–Crippen LogP) is 3.92. The maximum Gasteiger partial charge on any atom is 0.0552 e. The fraction of sp³-hybridized carbons (Fsp3) is 0.400. The van der Waals surface area contributed by atoms with Gasteiger partial charge in [0.2, 0.25) is 0 Å². The van der Waals surface area contributed by atoms with E-state index in [-0.39, 0.29) is 25.6 Å². The molecule has 2 rings (SSSR count). The highest BCUT2D eigenvalue weighted by Gasteiger charge is 2.00. The lowest BCUT2D eigenvalue weighted by atomic mass is 10.0. The number of aryl methyl sites for hydroxylation is 2. The third-order valence-corrected chi connectivity index (χ3v) is 3.58. The van der Waals surface area contributed by atoms with Crippen LogP contribution in [0.15, 0.2) is 48.5 Å². The quantitative estimate of drug-likeness (QED) is 0.891. The van der Waals surface area contributed by atoms with Gasteiger partial charge in [-0.05, 0) is 62.8 Å². The topological polar surface area (TPSA) is 46.2 Å². The van der Waals surface area contributed by atoms with E-state index in [9.17, 15) is 0 Å². The van der Waals surface area contributed by atoms with Crippen LogP contribution in [0.1, 0.15) is 36.1 Å². The van der Waals surface area contributed by atoms with Crippen LogP contribution in [0, 0.1) is 13.8 Å². The molecule has 0 spiro atoms. The summed E-state index contributed by atoms with van der Waals surface area (Å²) < 4.78 is 0. The number of nitrogens with two attached hydrogens (primary N) is 1. The zero-order valence-electron chi connectivity index (χ0n) is 14.7. The summed E-state index contributed by atoms with van der Waals surface area (Å²) in [4.78, 5) is 0. The second-order valence-electron chi connectivity index (χ2n) is 6.09. The highest BCUT2D eigenvalue weighted by Crippen LogP contribution is 2.09. The molecule has 0 bridgehead atoms. The molecule has 0 aliphatic carbocycles. The Kier molecular flexibility index (Phi) is 10.6. The molecular weight excluding hydrogens is 302 g/mol. The first-order valence-electron chi connectivity index (χ1n) is 7.92. The minimum absolute atomic E-state index is 0. The lowest BCUT2D eigenvalue weighted by molar-refractivity contribution is 0.195. The molecule has 0 radical (unpaired) electrons. The Bertz CT molecular complexity index is 516. The van der Waals surface area contributed by atoms with Crippen LogP contribution >= 0.6 is 13.5 Å². The summed E-state index contributed by atoms with van der Waals surface area (Å²) in [6.45, 7) is 8.04. The SMILES string of the molecule is Cc1ccccc1CC(C)N.Cc1ccccc1CC(C)O.S. The second kappa shape index (κ2) is 11.3. The fourth-order valence-corrected chi connectivity index (χ4v) is 2.34. The van der Waals surface area contributed by atoms with Gasteiger partial charge >= 0.3 is 0 Å². The molecule has 0 saturated heterocycles. The van der Waals surface area contributed by atoms with Gasteiger partial charge < -0.3 is 10.8 Å². The maximum atomic E-state index is 9.13. The summed E-state index contributed by atoms with van der Waals surface area (Å²) in [7, 11) is 0. The normalized spacial score (nSPS) is 12.4. The van der Waals surface area contributed by atoms with Gasteiger partial charge in [0.05, 0.1) is 6.10 Å². The minimum atomic E-state index is -0.240. The van der Waals surface area contributed by atoms with Crippen LogP contribution in [0.2, 0.25) is 0 Å². The third kappa shape index (κ3) is 8.80. The number of hydrogen-bond donors (Lipinski definition) is 2. The van der Waals surface area contributed by atoms with E-state index in [1.54, 1.807) is 0 Å². The largest absolute Gasteiger partial charge is 0.393 e. The number of aliphatic hydroxyl groups is 1. The van der Waals surface area contributed by atoms with E-state index in [2.05, 4.69) is 50.2 Å². The Labute approximate surface area is 148 Å². The molecule has 3 heteroatoms. The van der Waals surface area contributed by atoms with Crippen molar-refractivity contribution in [2.24, 2.45) is 5.73 Å². The Morgan fingerprint density at radius 2 is 1.22 bits per heavy atom. The molecular formula is C20H31NOS. The summed E-state index contributed by atoms with van der Waals surface area (Å²) in [6, 6.07) is 16.8. The smallest absolute Gasteiger partial charge is 0.0552 e. The second-order valence-corrected chi connectivity index (χ2v) is 6.09. The first-order valence-corrected chi connectivity index (χ1v) is 7.92. The van der Waals surface area contributed by atoms with E-state index < -0.39 is 0 Å². The van der Waals surface area contributed by atoms with E-state index in [1.807, 2.05) is 26.0 Å². The molecule has 2 aromatic carbocycles. The first-order chi connectivity index (χ1) is 10.4. The number of aliphatic hydroxyl groups excluding tert-OH is 1. The van der Waals surface area contributed by atoms with Gasteiger partial charge in [0.1, 0.15) is 0 Å². The molecule has 0 heterocycles. The number of hydrogen-bond acceptors (Lipinski definition) is 2. The minimum Gasteiger partial charge on any atom is -0.393 e. The molecule has 0 fully saturated rings. The van der Waals surface area contributed by atoms with Crippen LogP contribution in [-0.2, 0) is 12.8 Å². The molecule has 0 aliphatic heterocycles. The van der Waals surface area contributed by atoms with E-state index in [4.69, 9.17) is 10.8 Å².